The van der Waals surface area contributed by atoms with Gasteiger partial charge in [0.05, 0.1) is 11.9 Å². The number of hydrogen-bond donors (Lipinski definition) is 2. The van der Waals surface area contributed by atoms with Gasteiger partial charge in [0, 0.05) is 18.8 Å². The summed E-state index contributed by atoms with van der Waals surface area (Å²) >= 11 is 0. The number of phenolic OH excluding ortho intramolecular Hbond substituents is 1. The van der Waals surface area contributed by atoms with E-state index in [9.17, 15) is 9.90 Å². The third-order valence-corrected chi connectivity index (χ3v) is 3.52. The predicted octanol–water partition coefficient (Wildman–Crippen LogP) is 1.36. The minimum atomic E-state index is 0.0175. The van der Waals surface area contributed by atoms with Crippen LogP contribution in [0, 0.1) is 0 Å². The van der Waals surface area contributed by atoms with Gasteiger partial charge in [0.25, 0.3) is 0 Å². The molecule has 0 atom stereocenters. The van der Waals surface area contributed by atoms with Gasteiger partial charge in [-0.2, -0.15) is 5.10 Å². The molecule has 1 aliphatic carbocycles. The zero-order valence-electron chi connectivity index (χ0n) is 11.6. The summed E-state index contributed by atoms with van der Waals surface area (Å²) in [6, 6.07) is 7.31. The van der Waals surface area contributed by atoms with Crippen molar-refractivity contribution in [2.45, 2.75) is 32.0 Å². The van der Waals surface area contributed by atoms with Crippen LogP contribution in [-0.4, -0.2) is 31.7 Å². The van der Waals surface area contributed by atoms with E-state index in [4.69, 9.17) is 5.73 Å². The smallest absolute Gasteiger partial charge is 0.244 e. The molecule has 0 bridgehead atoms. The van der Waals surface area contributed by atoms with E-state index in [2.05, 4.69) is 5.10 Å². The first-order chi connectivity index (χ1) is 10.1. The summed E-state index contributed by atoms with van der Waals surface area (Å²) in [7, 11) is 0. The molecule has 21 heavy (non-hydrogen) atoms. The normalized spacial score (nSPS) is 14.1. The molecule has 3 N–H and O–H groups in total. The second kappa shape index (κ2) is 5.47. The first kappa shape index (κ1) is 13.5. The molecule has 1 aromatic carbocycles. The van der Waals surface area contributed by atoms with Gasteiger partial charge >= 0.3 is 0 Å². The van der Waals surface area contributed by atoms with Crippen molar-refractivity contribution in [2.24, 2.45) is 0 Å². The van der Waals surface area contributed by atoms with Crippen LogP contribution in [0.15, 0.2) is 36.7 Å². The summed E-state index contributed by atoms with van der Waals surface area (Å²) in [6.07, 6.45) is 5.25. The van der Waals surface area contributed by atoms with E-state index >= 15 is 0 Å². The van der Waals surface area contributed by atoms with Crippen molar-refractivity contribution < 1.29 is 9.90 Å². The molecule has 6 nitrogen and oxygen atoms in total. The maximum atomic E-state index is 12.5. The molecule has 110 valence electrons. The molecular weight excluding hydrogens is 268 g/mol. The van der Waals surface area contributed by atoms with Gasteiger partial charge < -0.3 is 15.7 Å². The van der Waals surface area contributed by atoms with Gasteiger partial charge in [-0.1, -0.05) is 12.1 Å². The number of nitrogen functional groups attached to an aromatic ring is 1. The summed E-state index contributed by atoms with van der Waals surface area (Å²) in [4.78, 5) is 14.3. The molecule has 1 aliphatic rings. The van der Waals surface area contributed by atoms with Crippen LogP contribution in [0.4, 0.5) is 5.69 Å². The van der Waals surface area contributed by atoms with E-state index in [-0.39, 0.29) is 18.2 Å². The Hall–Kier alpha value is -2.50. The number of aromatic hydroxyl groups is 1. The monoisotopic (exact) mass is 286 g/mol. The summed E-state index contributed by atoms with van der Waals surface area (Å²) in [5.74, 6) is 0.236. The maximum absolute atomic E-state index is 12.5. The first-order valence-electron chi connectivity index (χ1n) is 6.97. The number of nitrogens with zero attached hydrogens (tertiary/aromatic N) is 3. The molecule has 1 fully saturated rings. The minimum absolute atomic E-state index is 0.0175. The molecular formula is C15H18N4O2. The highest BCUT2D eigenvalue weighted by Gasteiger charge is 2.32. The van der Waals surface area contributed by atoms with Crippen molar-refractivity contribution in [1.29, 1.82) is 0 Å². The fourth-order valence-corrected chi connectivity index (χ4v) is 2.35. The van der Waals surface area contributed by atoms with Crippen LogP contribution in [0.1, 0.15) is 18.4 Å². The number of carbonyl (C=O) groups is 1. The molecule has 0 saturated heterocycles. The number of amides is 1. The van der Waals surface area contributed by atoms with Crippen molar-refractivity contribution >= 4 is 11.6 Å². The Balaban J connectivity index is 1.70. The quantitative estimate of drug-likeness (QED) is 0.869. The lowest BCUT2D eigenvalue weighted by atomic mass is 10.2. The van der Waals surface area contributed by atoms with E-state index < -0.39 is 0 Å². The Morgan fingerprint density at radius 3 is 2.90 bits per heavy atom. The molecule has 2 aromatic rings. The highest BCUT2D eigenvalue weighted by atomic mass is 16.3. The number of hydrogen-bond acceptors (Lipinski definition) is 4. The lowest BCUT2D eigenvalue weighted by Crippen LogP contribution is -2.35. The number of rotatable bonds is 5. The topological polar surface area (TPSA) is 84.4 Å². The van der Waals surface area contributed by atoms with Crippen LogP contribution in [0.5, 0.6) is 5.75 Å². The summed E-state index contributed by atoms with van der Waals surface area (Å²) in [6.45, 7) is 0.696. The van der Waals surface area contributed by atoms with Crippen molar-refractivity contribution in [2.75, 3.05) is 5.73 Å². The average molecular weight is 286 g/mol. The number of aromatic nitrogens is 2. The molecule has 0 aliphatic heterocycles. The Morgan fingerprint density at radius 1 is 1.48 bits per heavy atom. The van der Waals surface area contributed by atoms with Gasteiger partial charge in [-0.15, -0.1) is 0 Å². The molecule has 1 heterocycles. The van der Waals surface area contributed by atoms with E-state index in [1.165, 1.54) is 6.20 Å². The number of carbonyl (C=O) groups excluding carboxylic acids is 1. The summed E-state index contributed by atoms with van der Waals surface area (Å²) in [5, 5.41) is 13.6. The van der Waals surface area contributed by atoms with Crippen molar-refractivity contribution in [1.82, 2.24) is 14.7 Å². The fourth-order valence-electron chi connectivity index (χ4n) is 2.35. The average Bonchev–Trinajstić information content (AvgIpc) is 3.20. The lowest BCUT2D eigenvalue weighted by molar-refractivity contribution is -0.133. The Labute approximate surface area is 122 Å². The zero-order valence-corrected chi connectivity index (χ0v) is 11.6. The predicted molar refractivity (Wildman–Crippen MR) is 78.3 cm³/mol. The van der Waals surface area contributed by atoms with E-state index in [1.807, 2.05) is 11.0 Å². The van der Waals surface area contributed by atoms with Crippen LogP contribution in [-0.2, 0) is 17.9 Å². The van der Waals surface area contributed by atoms with Crippen LogP contribution in [0.3, 0.4) is 0 Å². The molecule has 0 spiro atoms. The Kier molecular flexibility index (Phi) is 3.51. The second-order valence-electron chi connectivity index (χ2n) is 5.39. The highest BCUT2D eigenvalue weighted by Crippen LogP contribution is 2.29. The van der Waals surface area contributed by atoms with Gasteiger partial charge in [-0.25, -0.2) is 0 Å². The van der Waals surface area contributed by atoms with Gasteiger partial charge in [0.1, 0.15) is 12.3 Å². The highest BCUT2D eigenvalue weighted by molar-refractivity contribution is 5.76. The molecule has 0 unspecified atom stereocenters. The van der Waals surface area contributed by atoms with Crippen LogP contribution in [0.2, 0.25) is 0 Å². The zero-order chi connectivity index (χ0) is 14.8. The van der Waals surface area contributed by atoms with Crippen molar-refractivity contribution in [3.8, 4) is 5.75 Å². The van der Waals surface area contributed by atoms with Crippen LogP contribution in [0.25, 0.3) is 0 Å². The summed E-state index contributed by atoms with van der Waals surface area (Å²) in [5.41, 5.74) is 7.08. The number of nitrogens with two attached hydrogens (primary N) is 1. The molecule has 1 amide bonds. The van der Waals surface area contributed by atoms with Gasteiger partial charge in [0.2, 0.25) is 5.91 Å². The van der Waals surface area contributed by atoms with E-state index in [0.29, 0.717) is 18.3 Å². The van der Waals surface area contributed by atoms with Crippen LogP contribution >= 0.6 is 0 Å². The number of phenols is 1. The van der Waals surface area contributed by atoms with Crippen molar-refractivity contribution in [3.05, 3.63) is 42.2 Å². The maximum Gasteiger partial charge on any atom is 0.244 e. The molecule has 1 saturated carbocycles. The van der Waals surface area contributed by atoms with Crippen LogP contribution < -0.4 is 5.73 Å². The van der Waals surface area contributed by atoms with Gasteiger partial charge in [-0.05, 0) is 30.5 Å². The largest absolute Gasteiger partial charge is 0.508 e. The first-order valence-corrected chi connectivity index (χ1v) is 6.97. The SMILES string of the molecule is Nc1cnn(CC(=O)N(Cc2cccc(O)c2)C2CC2)c1. The van der Waals surface area contributed by atoms with Crippen molar-refractivity contribution in [3.63, 3.8) is 0 Å². The van der Waals surface area contributed by atoms with Gasteiger partial charge in [-0.3, -0.25) is 9.48 Å². The Morgan fingerprint density at radius 2 is 2.29 bits per heavy atom. The standard InChI is InChI=1S/C15H18N4O2/c16-12-7-17-18(9-12)10-15(21)19(13-4-5-13)8-11-2-1-3-14(20)6-11/h1-3,6-7,9,13,20H,4-5,8,10,16H2. The van der Waals surface area contributed by atoms with E-state index in [1.54, 1.807) is 29.1 Å². The molecule has 1 aromatic heterocycles. The number of anilines is 1. The lowest BCUT2D eigenvalue weighted by Gasteiger charge is -2.22. The third-order valence-electron chi connectivity index (χ3n) is 3.52. The molecule has 0 radical (unpaired) electrons. The second-order valence-corrected chi connectivity index (χ2v) is 5.39. The third kappa shape index (κ3) is 3.34. The Bertz CT molecular complexity index is 649. The van der Waals surface area contributed by atoms with E-state index in [0.717, 1.165) is 18.4 Å². The fraction of sp³-hybridized carbons (Fsp3) is 0.333. The molecule has 3 rings (SSSR count). The van der Waals surface area contributed by atoms with Gasteiger partial charge in [0.15, 0.2) is 0 Å². The minimum Gasteiger partial charge on any atom is -0.508 e. The summed E-state index contributed by atoms with van der Waals surface area (Å²) < 4.78 is 1.55. The molecule has 6 heteroatoms. The number of benzene rings is 1.